The van der Waals surface area contributed by atoms with Crippen molar-refractivity contribution in [2.45, 2.75) is 20.0 Å². The van der Waals surface area contributed by atoms with Crippen molar-refractivity contribution in [1.29, 1.82) is 0 Å². The molecule has 0 bridgehead atoms. The number of aliphatic imine (C=N–C) groups is 1. The minimum absolute atomic E-state index is 0.107. The van der Waals surface area contributed by atoms with Gasteiger partial charge in [0, 0.05) is 29.7 Å². The summed E-state index contributed by atoms with van der Waals surface area (Å²) >= 11 is 0. The van der Waals surface area contributed by atoms with Gasteiger partial charge in [-0.1, -0.05) is 42.5 Å². The number of nitrogens with zero attached hydrogens (tertiary/aromatic N) is 2. The van der Waals surface area contributed by atoms with Gasteiger partial charge in [0.2, 0.25) is 0 Å². The lowest BCUT2D eigenvalue weighted by atomic mass is 10.1. The molecular weight excluding hydrogens is 372 g/mol. The summed E-state index contributed by atoms with van der Waals surface area (Å²) in [4.78, 5) is 9.98. The number of H-pyrrole nitrogens is 1. The molecule has 3 aromatic carbocycles. The molecule has 0 aliphatic carbocycles. The zero-order valence-corrected chi connectivity index (χ0v) is 17.3. The van der Waals surface area contributed by atoms with Crippen LogP contribution in [0.4, 0.5) is 11.4 Å². The minimum Gasteiger partial charge on any atom is -0.494 e. The Hall–Kier alpha value is -3.57. The third kappa shape index (κ3) is 4.36. The second-order valence-electron chi connectivity index (χ2n) is 7.68. The van der Waals surface area contributed by atoms with Gasteiger partial charge >= 0.3 is 0 Å². The van der Waals surface area contributed by atoms with Crippen molar-refractivity contribution in [3.8, 4) is 5.88 Å². The molecule has 30 heavy (non-hydrogen) atoms. The fraction of sp³-hybridized carbons (Fsp3) is 0.160. The van der Waals surface area contributed by atoms with E-state index in [1.54, 1.807) is 0 Å². The smallest absolute Gasteiger partial charge is 0.198 e. The highest BCUT2D eigenvalue weighted by atomic mass is 16.3. The van der Waals surface area contributed by atoms with Gasteiger partial charge in [-0.3, -0.25) is 9.89 Å². The molecule has 4 N–H and O–H groups in total. The lowest BCUT2D eigenvalue weighted by molar-refractivity contribution is 0.319. The lowest BCUT2D eigenvalue weighted by Gasteiger charge is -2.17. The van der Waals surface area contributed by atoms with Crippen LogP contribution in [0.3, 0.4) is 0 Å². The van der Waals surface area contributed by atoms with Crippen molar-refractivity contribution in [2.24, 2.45) is 4.99 Å². The predicted molar refractivity (Wildman–Crippen MR) is 124 cm³/mol. The Labute approximate surface area is 176 Å². The SMILES string of the molecule is CC(=Nc1ccc(CN(C)Cc2ccccc2)cc1)c1c(O)[nH]c2ccc(N)cc12. The van der Waals surface area contributed by atoms with Crippen LogP contribution in [0, 0.1) is 0 Å². The molecule has 5 nitrogen and oxygen atoms in total. The van der Waals surface area contributed by atoms with Gasteiger partial charge in [-0.25, -0.2) is 0 Å². The Balaban J connectivity index is 1.50. The molecule has 0 saturated carbocycles. The number of benzene rings is 3. The van der Waals surface area contributed by atoms with Crippen molar-refractivity contribution in [3.05, 3.63) is 89.5 Å². The zero-order valence-electron chi connectivity index (χ0n) is 17.3. The van der Waals surface area contributed by atoms with Crippen LogP contribution >= 0.6 is 0 Å². The van der Waals surface area contributed by atoms with Gasteiger partial charge in [0.15, 0.2) is 5.88 Å². The number of nitrogens with two attached hydrogens (primary N) is 1. The van der Waals surface area contributed by atoms with E-state index in [1.165, 1.54) is 11.1 Å². The summed E-state index contributed by atoms with van der Waals surface area (Å²) in [5, 5.41) is 11.2. The van der Waals surface area contributed by atoms with E-state index in [4.69, 9.17) is 10.7 Å². The number of rotatable bonds is 6. The third-order valence-corrected chi connectivity index (χ3v) is 5.15. The molecule has 0 spiro atoms. The van der Waals surface area contributed by atoms with E-state index in [9.17, 15) is 5.11 Å². The summed E-state index contributed by atoms with van der Waals surface area (Å²) in [5.74, 6) is 0.107. The largest absolute Gasteiger partial charge is 0.494 e. The highest BCUT2D eigenvalue weighted by molar-refractivity contribution is 6.13. The second-order valence-corrected chi connectivity index (χ2v) is 7.68. The molecule has 0 amide bonds. The number of aromatic nitrogens is 1. The Morgan fingerprint density at radius 2 is 1.63 bits per heavy atom. The first kappa shape index (κ1) is 19.7. The van der Waals surface area contributed by atoms with Gasteiger partial charge in [0.1, 0.15) is 0 Å². The lowest BCUT2D eigenvalue weighted by Crippen LogP contribution is -2.17. The normalized spacial score (nSPS) is 12.0. The molecule has 5 heteroatoms. The summed E-state index contributed by atoms with van der Waals surface area (Å²) in [6, 6.07) is 24.2. The summed E-state index contributed by atoms with van der Waals surface area (Å²) in [7, 11) is 2.12. The summed E-state index contributed by atoms with van der Waals surface area (Å²) < 4.78 is 0. The first-order valence-electron chi connectivity index (χ1n) is 9.97. The summed E-state index contributed by atoms with van der Waals surface area (Å²) in [6.07, 6.45) is 0. The average Bonchev–Trinajstić information content (AvgIpc) is 3.05. The van der Waals surface area contributed by atoms with E-state index in [2.05, 4.69) is 53.3 Å². The maximum atomic E-state index is 10.4. The first-order chi connectivity index (χ1) is 14.5. The first-order valence-corrected chi connectivity index (χ1v) is 9.97. The second kappa shape index (κ2) is 8.43. The average molecular weight is 399 g/mol. The number of aromatic hydroxyl groups is 1. The molecule has 0 saturated heterocycles. The molecule has 1 heterocycles. The topological polar surface area (TPSA) is 77.6 Å². The molecule has 4 rings (SSSR count). The van der Waals surface area contributed by atoms with E-state index in [0.717, 1.165) is 35.4 Å². The number of aromatic amines is 1. The fourth-order valence-electron chi connectivity index (χ4n) is 3.75. The van der Waals surface area contributed by atoms with Crippen molar-refractivity contribution in [1.82, 2.24) is 9.88 Å². The molecule has 152 valence electrons. The third-order valence-electron chi connectivity index (χ3n) is 5.15. The van der Waals surface area contributed by atoms with Crippen LogP contribution in [0.15, 0.2) is 77.8 Å². The predicted octanol–water partition coefficient (Wildman–Crippen LogP) is 5.23. The maximum Gasteiger partial charge on any atom is 0.198 e. The number of fused-ring (bicyclic) bond motifs is 1. The zero-order chi connectivity index (χ0) is 21.1. The molecule has 4 aromatic rings. The molecule has 0 aliphatic heterocycles. The van der Waals surface area contributed by atoms with Gasteiger partial charge in [-0.05, 0) is 55.4 Å². The van der Waals surface area contributed by atoms with Crippen LogP contribution < -0.4 is 5.73 Å². The molecule has 0 atom stereocenters. The van der Waals surface area contributed by atoms with Crippen LogP contribution in [0.1, 0.15) is 23.6 Å². The Morgan fingerprint density at radius 1 is 0.967 bits per heavy atom. The van der Waals surface area contributed by atoms with Crippen molar-refractivity contribution in [2.75, 3.05) is 12.8 Å². The highest BCUT2D eigenvalue weighted by Gasteiger charge is 2.14. The number of hydrogen-bond donors (Lipinski definition) is 3. The summed E-state index contributed by atoms with van der Waals surface area (Å²) in [6.45, 7) is 3.66. The molecular formula is C25H26N4O. The Morgan fingerprint density at radius 3 is 2.33 bits per heavy atom. The van der Waals surface area contributed by atoms with Crippen LogP contribution in [0.5, 0.6) is 5.88 Å². The Bertz CT molecular complexity index is 1180. The van der Waals surface area contributed by atoms with Crippen LogP contribution in [0.25, 0.3) is 10.9 Å². The maximum absolute atomic E-state index is 10.4. The number of nitrogens with one attached hydrogen (secondary N) is 1. The van der Waals surface area contributed by atoms with Crippen LogP contribution in [-0.2, 0) is 13.1 Å². The van der Waals surface area contributed by atoms with Gasteiger partial charge in [-0.15, -0.1) is 0 Å². The number of anilines is 1. The number of nitrogen functional groups attached to an aromatic ring is 1. The van der Waals surface area contributed by atoms with Gasteiger partial charge in [0.05, 0.1) is 17.0 Å². The Kier molecular flexibility index (Phi) is 5.55. The quantitative estimate of drug-likeness (QED) is 0.307. The molecule has 0 aliphatic rings. The molecule has 1 aromatic heterocycles. The monoisotopic (exact) mass is 398 g/mol. The van der Waals surface area contributed by atoms with Crippen molar-refractivity contribution >= 4 is 28.0 Å². The van der Waals surface area contributed by atoms with Crippen molar-refractivity contribution < 1.29 is 5.11 Å². The van der Waals surface area contributed by atoms with E-state index in [-0.39, 0.29) is 5.88 Å². The fourth-order valence-corrected chi connectivity index (χ4v) is 3.75. The van der Waals surface area contributed by atoms with Gasteiger partial charge < -0.3 is 15.8 Å². The minimum atomic E-state index is 0.107. The van der Waals surface area contributed by atoms with Crippen LogP contribution in [0.2, 0.25) is 0 Å². The summed E-state index contributed by atoms with van der Waals surface area (Å²) in [5.41, 5.74) is 12.2. The van der Waals surface area contributed by atoms with E-state index < -0.39 is 0 Å². The van der Waals surface area contributed by atoms with Crippen LogP contribution in [-0.4, -0.2) is 27.7 Å². The van der Waals surface area contributed by atoms with Crippen molar-refractivity contribution in [3.63, 3.8) is 0 Å². The molecule has 0 radical (unpaired) electrons. The van der Waals surface area contributed by atoms with Gasteiger partial charge in [0.25, 0.3) is 0 Å². The van der Waals surface area contributed by atoms with E-state index in [1.807, 2.05) is 43.3 Å². The number of hydrogen-bond acceptors (Lipinski definition) is 4. The molecule has 0 unspecified atom stereocenters. The van der Waals surface area contributed by atoms with Gasteiger partial charge in [-0.2, -0.15) is 0 Å². The van der Waals surface area contributed by atoms with E-state index in [0.29, 0.717) is 11.3 Å². The standard InChI is InChI=1S/C25H26N4O/c1-17(24-22-14-20(26)10-13-23(22)28-25(24)30)27-21-11-8-19(9-12-21)16-29(2)15-18-6-4-3-5-7-18/h3-14,28,30H,15-16,26H2,1-2H3. The highest BCUT2D eigenvalue weighted by Crippen LogP contribution is 2.30. The molecule has 0 fully saturated rings. The van der Waals surface area contributed by atoms with E-state index >= 15 is 0 Å².